The molecule has 22 heavy (non-hydrogen) atoms. The van der Waals surface area contributed by atoms with Gasteiger partial charge in [-0.05, 0) is 44.2 Å². The van der Waals surface area contributed by atoms with Crippen LogP contribution in [0.1, 0.15) is 11.4 Å². The number of benzene rings is 1. The molecule has 0 amide bonds. The van der Waals surface area contributed by atoms with Gasteiger partial charge in [0, 0.05) is 22.5 Å². The maximum absolute atomic E-state index is 5.82. The molecule has 0 fully saturated rings. The van der Waals surface area contributed by atoms with E-state index in [1.807, 2.05) is 38.1 Å². The van der Waals surface area contributed by atoms with Crippen molar-refractivity contribution >= 4 is 17.2 Å². The maximum Gasteiger partial charge on any atom is 0.235 e. The fourth-order valence-electron chi connectivity index (χ4n) is 2.17. The summed E-state index contributed by atoms with van der Waals surface area (Å²) in [5.41, 5.74) is 2.77. The predicted molar refractivity (Wildman–Crippen MR) is 84.9 cm³/mol. The van der Waals surface area contributed by atoms with Crippen molar-refractivity contribution in [2.75, 3.05) is 13.2 Å². The molecule has 0 aliphatic heterocycles. The fraction of sp³-hybridized carbons (Fsp3) is 0.250. The van der Waals surface area contributed by atoms with Crippen molar-refractivity contribution in [2.45, 2.75) is 13.8 Å². The first-order chi connectivity index (χ1) is 10.6. The first-order valence-corrected chi connectivity index (χ1v) is 7.35. The molecule has 0 N–H and O–H groups in total. The molecule has 0 unspecified atom stereocenters. The normalized spacial score (nSPS) is 10.9. The summed E-state index contributed by atoms with van der Waals surface area (Å²) < 4.78 is 12.9. The lowest BCUT2D eigenvalue weighted by Gasteiger charge is -2.06. The lowest BCUT2D eigenvalue weighted by atomic mass is 10.3. The minimum Gasteiger partial charge on any atom is -0.490 e. The molecule has 114 valence electrons. The third-order valence-corrected chi connectivity index (χ3v) is 3.38. The van der Waals surface area contributed by atoms with Crippen LogP contribution in [0.15, 0.2) is 36.4 Å². The van der Waals surface area contributed by atoms with Gasteiger partial charge in [0.05, 0.1) is 0 Å². The Bertz CT molecular complexity index is 784. The Kier molecular flexibility index (Phi) is 4.15. The highest BCUT2D eigenvalue weighted by molar-refractivity contribution is 6.30. The lowest BCUT2D eigenvalue weighted by molar-refractivity contribution is 0.211. The van der Waals surface area contributed by atoms with E-state index in [2.05, 4.69) is 10.1 Å². The Labute approximate surface area is 133 Å². The zero-order chi connectivity index (χ0) is 15.5. The Balaban J connectivity index is 1.57. The van der Waals surface area contributed by atoms with Gasteiger partial charge < -0.3 is 9.47 Å². The van der Waals surface area contributed by atoms with Gasteiger partial charge in [-0.25, -0.2) is 9.50 Å². The predicted octanol–water partition coefficient (Wildman–Crippen LogP) is 3.46. The van der Waals surface area contributed by atoms with Crippen LogP contribution in [0.5, 0.6) is 11.6 Å². The molecular weight excluding hydrogens is 302 g/mol. The first-order valence-electron chi connectivity index (χ1n) is 6.97. The van der Waals surface area contributed by atoms with E-state index >= 15 is 0 Å². The zero-order valence-electron chi connectivity index (χ0n) is 12.4. The molecule has 5 nitrogen and oxygen atoms in total. The average Bonchev–Trinajstić information content (AvgIpc) is 2.88. The standard InChI is InChI=1S/C16H16ClN3O2/c1-11-9-12(2)20-15(18-11)10-16(19-20)22-8-7-21-14-5-3-13(17)4-6-14/h3-6,9-10H,7-8H2,1-2H3. The number of hydrogen-bond donors (Lipinski definition) is 0. The van der Waals surface area contributed by atoms with E-state index in [9.17, 15) is 0 Å². The van der Waals surface area contributed by atoms with Crippen LogP contribution < -0.4 is 9.47 Å². The Morgan fingerprint density at radius 3 is 2.55 bits per heavy atom. The van der Waals surface area contributed by atoms with E-state index in [4.69, 9.17) is 21.1 Å². The summed E-state index contributed by atoms with van der Waals surface area (Å²) in [7, 11) is 0. The Morgan fingerprint density at radius 2 is 1.77 bits per heavy atom. The van der Waals surface area contributed by atoms with Gasteiger partial charge in [-0.15, -0.1) is 5.10 Å². The minimum absolute atomic E-state index is 0.407. The molecule has 3 rings (SSSR count). The zero-order valence-corrected chi connectivity index (χ0v) is 13.2. The van der Waals surface area contributed by atoms with Gasteiger partial charge in [0.1, 0.15) is 19.0 Å². The highest BCUT2D eigenvalue weighted by Crippen LogP contribution is 2.16. The summed E-state index contributed by atoms with van der Waals surface area (Å²) in [6, 6.07) is 11.0. The summed E-state index contributed by atoms with van der Waals surface area (Å²) in [6.07, 6.45) is 0. The summed E-state index contributed by atoms with van der Waals surface area (Å²) >= 11 is 5.82. The molecule has 6 heteroatoms. The summed E-state index contributed by atoms with van der Waals surface area (Å²) in [5.74, 6) is 1.30. The number of aryl methyl sites for hydroxylation is 2. The third-order valence-electron chi connectivity index (χ3n) is 3.13. The number of ether oxygens (including phenoxy) is 2. The number of rotatable bonds is 5. The van der Waals surface area contributed by atoms with Gasteiger partial charge in [0.15, 0.2) is 5.65 Å². The molecule has 0 aliphatic rings. The summed E-state index contributed by atoms with van der Waals surface area (Å²) in [5, 5.41) is 5.06. The SMILES string of the molecule is Cc1cc(C)n2nc(OCCOc3ccc(Cl)cc3)cc2n1. The second kappa shape index (κ2) is 6.23. The third kappa shape index (κ3) is 3.31. The molecule has 0 spiro atoms. The molecular formula is C16H16ClN3O2. The van der Waals surface area contributed by atoms with Crippen LogP contribution in [0.4, 0.5) is 0 Å². The number of aromatic nitrogens is 3. The molecule has 0 atom stereocenters. The lowest BCUT2D eigenvalue weighted by Crippen LogP contribution is -2.09. The minimum atomic E-state index is 0.407. The van der Waals surface area contributed by atoms with Crippen LogP contribution >= 0.6 is 11.6 Å². The highest BCUT2D eigenvalue weighted by Gasteiger charge is 2.06. The number of halogens is 1. The molecule has 0 saturated carbocycles. The van der Waals surface area contributed by atoms with Crippen LogP contribution in [0.2, 0.25) is 5.02 Å². The maximum atomic E-state index is 5.82. The van der Waals surface area contributed by atoms with Crippen molar-refractivity contribution in [3.8, 4) is 11.6 Å². The van der Waals surface area contributed by atoms with E-state index in [0.29, 0.717) is 24.1 Å². The number of nitrogens with zero attached hydrogens (tertiary/aromatic N) is 3. The van der Waals surface area contributed by atoms with Crippen LogP contribution in [0, 0.1) is 13.8 Å². The molecule has 2 aromatic heterocycles. The van der Waals surface area contributed by atoms with Crippen LogP contribution in [-0.4, -0.2) is 27.8 Å². The topological polar surface area (TPSA) is 48.7 Å². The largest absolute Gasteiger partial charge is 0.490 e. The second-order valence-corrected chi connectivity index (χ2v) is 5.38. The average molecular weight is 318 g/mol. The van der Waals surface area contributed by atoms with Gasteiger partial charge in [0.25, 0.3) is 0 Å². The molecule has 0 aliphatic carbocycles. The highest BCUT2D eigenvalue weighted by atomic mass is 35.5. The van der Waals surface area contributed by atoms with Crippen molar-refractivity contribution in [3.63, 3.8) is 0 Å². The van der Waals surface area contributed by atoms with E-state index < -0.39 is 0 Å². The first kappa shape index (κ1) is 14.7. The van der Waals surface area contributed by atoms with Crippen molar-refractivity contribution in [1.82, 2.24) is 14.6 Å². The molecule has 2 heterocycles. The van der Waals surface area contributed by atoms with E-state index in [-0.39, 0.29) is 0 Å². The molecule has 1 aromatic carbocycles. The second-order valence-electron chi connectivity index (χ2n) is 4.94. The number of hydrogen-bond acceptors (Lipinski definition) is 4. The van der Waals surface area contributed by atoms with Gasteiger partial charge in [-0.3, -0.25) is 0 Å². The van der Waals surface area contributed by atoms with E-state index in [1.54, 1.807) is 16.6 Å². The van der Waals surface area contributed by atoms with Crippen molar-refractivity contribution in [1.29, 1.82) is 0 Å². The quantitative estimate of drug-likeness (QED) is 0.676. The van der Waals surface area contributed by atoms with Crippen molar-refractivity contribution in [2.24, 2.45) is 0 Å². The Morgan fingerprint density at radius 1 is 1.05 bits per heavy atom. The van der Waals surface area contributed by atoms with Gasteiger partial charge in [-0.2, -0.15) is 0 Å². The van der Waals surface area contributed by atoms with E-state index in [1.165, 1.54) is 0 Å². The molecule has 0 saturated heterocycles. The van der Waals surface area contributed by atoms with Crippen molar-refractivity contribution in [3.05, 3.63) is 52.8 Å². The van der Waals surface area contributed by atoms with E-state index in [0.717, 1.165) is 22.8 Å². The summed E-state index contributed by atoms with van der Waals surface area (Å²) in [4.78, 5) is 4.42. The van der Waals surface area contributed by atoms with Gasteiger partial charge in [-0.1, -0.05) is 11.6 Å². The Hall–Kier alpha value is -2.27. The monoisotopic (exact) mass is 317 g/mol. The summed E-state index contributed by atoms with van der Waals surface area (Å²) in [6.45, 7) is 4.79. The van der Waals surface area contributed by atoms with Gasteiger partial charge in [0.2, 0.25) is 5.88 Å². The smallest absolute Gasteiger partial charge is 0.235 e. The molecule has 0 radical (unpaired) electrons. The number of fused-ring (bicyclic) bond motifs is 1. The van der Waals surface area contributed by atoms with Crippen LogP contribution in [0.3, 0.4) is 0 Å². The van der Waals surface area contributed by atoms with Crippen LogP contribution in [-0.2, 0) is 0 Å². The van der Waals surface area contributed by atoms with Crippen LogP contribution in [0.25, 0.3) is 5.65 Å². The fourth-order valence-corrected chi connectivity index (χ4v) is 2.30. The van der Waals surface area contributed by atoms with Gasteiger partial charge >= 0.3 is 0 Å². The van der Waals surface area contributed by atoms with Crippen molar-refractivity contribution < 1.29 is 9.47 Å². The molecule has 3 aromatic rings. The molecule has 0 bridgehead atoms.